The lowest BCUT2D eigenvalue weighted by molar-refractivity contribution is 0.0502. The lowest BCUT2D eigenvalue weighted by Gasteiger charge is -2.46. The van der Waals surface area contributed by atoms with Gasteiger partial charge in [-0.15, -0.1) is 0 Å². The Labute approximate surface area is 170 Å². The van der Waals surface area contributed by atoms with Crippen LogP contribution in [0.15, 0.2) is 24.3 Å². The molecule has 0 radical (unpaired) electrons. The summed E-state index contributed by atoms with van der Waals surface area (Å²) >= 11 is 0. The van der Waals surface area contributed by atoms with E-state index in [1.807, 2.05) is 6.07 Å². The van der Waals surface area contributed by atoms with E-state index >= 15 is 0 Å². The van der Waals surface area contributed by atoms with Gasteiger partial charge in [-0.05, 0) is 85.9 Å². The molecule has 5 heteroatoms. The fourth-order valence-electron chi connectivity index (χ4n) is 6.97. The van der Waals surface area contributed by atoms with Crippen molar-refractivity contribution >= 4 is 10.0 Å². The molecule has 6 rings (SSSR count). The summed E-state index contributed by atoms with van der Waals surface area (Å²) in [5.41, 5.74) is 2.75. The molecule has 1 spiro atoms. The number of benzene rings is 1. The van der Waals surface area contributed by atoms with Crippen LogP contribution in [0, 0.1) is 17.8 Å². The van der Waals surface area contributed by atoms with Crippen molar-refractivity contribution in [3.8, 4) is 0 Å². The van der Waals surface area contributed by atoms with Gasteiger partial charge in [0, 0.05) is 12.6 Å². The summed E-state index contributed by atoms with van der Waals surface area (Å²) in [7, 11) is -3.20. The molecule has 154 valence electrons. The fourth-order valence-corrected chi connectivity index (χ4v) is 7.69. The second-order valence-corrected chi connectivity index (χ2v) is 11.9. The van der Waals surface area contributed by atoms with Crippen molar-refractivity contribution in [3.63, 3.8) is 0 Å². The van der Waals surface area contributed by atoms with Crippen molar-refractivity contribution in [3.05, 3.63) is 35.4 Å². The van der Waals surface area contributed by atoms with Crippen LogP contribution in [-0.2, 0) is 15.4 Å². The molecular formula is C23H34N2O2S. The predicted octanol–water partition coefficient (Wildman–Crippen LogP) is 3.84. The normalized spacial score (nSPS) is 34.6. The molecule has 4 nitrogen and oxygen atoms in total. The molecule has 5 aliphatic rings. The molecule has 0 aromatic heterocycles. The van der Waals surface area contributed by atoms with E-state index in [1.54, 1.807) is 0 Å². The first-order valence-electron chi connectivity index (χ1n) is 11.2. The summed E-state index contributed by atoms with van der Waals surface area (Å²) in [5, 5.41) is 0. The minimum atomic E-state index is -3.20. The summed E-state index contributed by atoms with van der Waals surface area (Å²) in [4.78, 5) is 2.72. The number of piperidine rings is 1. The van der Waals surface area contributed by atoms with Gasteiger partial charge in [0.1, 0.15) is 0 Å². The topological polar surface area (TPSA) is 49.4 Å². The van der Waals surface area contributed by atoms with Crippen molar-refractivity contribution in [2.24, 2.45) is 17.8 Å². The molecule has 1 aliphatic heterocycles. The lowest BCUT2D eigenvalue weighted by atomic mass is 9.64. The Morgan fingerprint density at radius 2 is 1.82 bits per heavy atom. The maximum absolute atomic E-state index is 11.9. The van der Waals surface area contributed by atoms with Crippen LogP contribution in [0.2, 0.25) is 0 Å². The number of rotatable bonds is 4. The molecule has 1 aromatic rings. The van der Waals surface area contributed by atoms with Crippen LogP contribution in [0.4, 0.5) is 0 Å². The van der Waals surface area contributed by atoms with Gasteiger partial charge in [0.15, 0.2) is 0 Å². The predicted molar refractivity (Wildman–Crippen MR) is 113 cm³/mol. The first-order chi connectivity index (χ1) is 13.4. The Morgan fingerprint density at radius 1 is 1.11 bits per heavy atom. The number of hydrogen-bond acceptors (Lipinski definition) is 3. The SMILES string of the molecule is CS(=O)(=O)N[C@@H]1CC2(CCN(C[C@H]3CC4CCC3CC4)CC2)c2ccccc21. The zero-order chi connectivity index (χ0) is 19.4. The van der Waals surface area contributed by atoms with Crippen LogP contribution in [0.1, 0.15) is 68.5 Å². The van der Waals surface area contributed by atoms with Crippen molar-refractivity contribution in [2.45, 2.75) is 62.8 Å². The van der Waals surface area contributed by atoms with Gasteiger partial charge in [-0.1, -0.05) is 37.1 Å². The van der Waals surface area contributed by atoms with E-state index in [0.29, 0.717) is 0 Å². The van der Waals surface area contributed by atoms with Gasteiger partial charge in [0.25, 0.3) is 0 Å². The Hall–Kier alpha value is -0.910. The maximum atomic E-state index is 11.9. The van der Waals surface area contributed by atoms with Gasteiger partial charge in [-0.3, -0.25) is 0 Å². The van der Waals surface area contributed by atoms with Gasteiger partial charge < -0.3 is 4.90 Å². The number of nitrogens with one attached hydrogen (secondary N) is 1. The maximum Gasteiger partial charge on any atom is 0.209 e. The molecule has 3 saturated carbocycles. The van der Waals surface area contributed by atoms with Crippen LogP contribution in [0.25, 0.3) is 0 Å². The molecular weight excluding hydrogens is 368 g/mol. The Morgan fingerprint density at radius 3 is 2.46 bits per heavy atom. The largest absolute Gasteiger partial charge is 0.303 e. The van der Waals surface area contributed by atoms with Gasteiger partial charge in [0.05, 0.1) is 6.26 Å². The average molecular weight is 403 g/mol. The zero-order valence-corrected chi connectivity index (χ0v) is 17.9. The molecule has 4 fully saturated rings. The molecule has 1 N–H and O–H groups in total. The van der Waals surface area contributed by atoms with Crippen LogP contribution in [0.5, 0.6) is 0 Å². The number of hydrogen-bond donors (Lipinski definition) is 1. The van der Waals surface area contributed by atoms with Crippen LogP contribution >= 0.6 is 0 Å². The minimum absolute atomic E-state index is 0.0631. The summed E-state index contributed by atoms with van der Waals surface area (Å²) in [6, 6.07) is 8.47. The molecule has 1 aromatic carbocycles. The third kappa shape index (κ3) is 3.54. The average Bonchev–Trinajstić information content (AvgIpc) is 2.97. The highest BCUT2D eigenvalue weighted by Gasteiger charge is 2.46. The molecule has 1 heterocycles. The molecule has 2 atom stereocenters. The Balaban J connectivity index is 1.28. The standard InChI is InChI=1S/C23H34N2O2S/c1-28(26,27)24-22-15-23(21-5-3-2-4-20(21)22)10-12-25(13-11-23)16-19-14-17-6-8-18(19)9-7-17/h2-5,17-19,22,24H,6-16H2,1H3/t17?,18?,19-,22-/m1/s1. The minimum Gasteiger partial charge on any atom is -0.303 e. The third-order valence-corrected chi connectivity index (χ3v) is 9.07. The fraction of sp³-hybridized carbons (Fsp3) is 0.739. The molecule has 0 unspecified atom stereocenters. The smallest absolute Gasteiger partial charge is 0.209 e. The van der Waals surface area contributed by atoms with E-state index in [1.165, 1.54) is 56.0 Å². The molecule has 1 saturated heterocycles. The molecule has 2 bridgehead atoms. The highest BCUT2D eigenvalue weighted by Crippen LogP contribution is 2.51. The number of sulfonamides is 1. The van der Waals surface area contributed by atoms with E-state index < -0.39 is 10.0 Å². The van der Waals surface area contributed by atoms with Crippen LogP contribution in [0.3, 0.4) is 0 Å². The quantitative estimate of drug-likeness (QED) is 0.832. The van der Waals surface area contributed by atoms with E-state index in [2.05, 4.69) is 27.8 Å². The third-order valence-electron chi connectivity index (χ3n) is 8.36. The summed E-state index contributed by atoms with van der Waals surface area (Å²) in [6.45, 7) is 3.62. The van der Waals surface area contributed by atoms with Gasteiger partial charge in [0.2, 0.25) is 10.0 Å². The zero-order valence-electron chi connectivity index (χ0n) is 17.1. The van der Waals surface area contributed by atoms with Gasteiger partial charge in [-0.25, -0.2) is 13.1 Å². The lowest BCUT2D eigenvalue weighted by Crippen LogP contribution is -2.46. The van der Waals surface area contributed by atoms with Crippen molar-refractivity contribution < 1.29 is 8.42 Å². The second kappa shape index (κ2) is 7.10. The van der Waals surface area contributed by atoms with Crippen molar-refractivity contribution in [1.82, 2.24) is 9.62 Å². The second-order valence-electron chi connectivity index (χ2n) is 10.1. The summed E-state index contributed by atoms with van der Waals surface area (Å²) in [6.07, 6.45) is 11.9. The number of likely N-dealkylation sites (tertiary alicyclic amines) is 1. The van der Waals surface area contributed by atoms with E-state index in [4.69, 9.17) is 0 Å². The number of nitrogens with zero attached hydrogens (tertiary/aromatic N) is 1. The van der Waals surface area contributed by atoms with Gasteiger partial charge >= 0.3 is 0 Å². The number of fused-ring (bicyclic) bond motifs is 5. The summed E-state index contributed by atoms with van der Waals surface area (Å²) in [5.74, 6) is 2.92. The van der Waals surface area contributed by atoms with E-state index in [0.717, 1.165) is 50.1 Å². The monoisotopic (exact) mass is 402 g/mol. The van der Waals surface area contributed by atoms with E-state index in [9.17, 15) is 8.42 Å². The molecule has 0 amide bonds. The highest BCUT2D eigenvalue weighted by molar-refractivity contribution is 7.88. The van der Waals surface area contributed by atoms with Crippen molar-refractivity contribution in [2.75, 3.05) is 25.9 Å². The first-order valence-corrected chi connectivity index (χ1v) is 13.1. The van der Waals surface area contributed by atoms with Gasteiger partial charge in [-0.2, -0.15) is 0 Å². The Bertz CT molecular complexity index is 821. The summed E-state index contributed by atoms with van der Waals surface area (Å²) < 4.78 is 26.7. The molecule has 28 heavy (non-hydrogen) atoms. The molecule has 4 aliphatic carbocycles. The van der Waals surface area contributed by atoms with Crippen LogP contribution < -0.4 is 4.72 Å². The highest BCUT2D eigenvalue weighted by atomic mass is 32.2. The van der Waals surface area contributed by atoms with E-state index in [-0.39, 0.29) is 11.5 Å². The van der Waals surface area contributed by atoms with Crippen molar-refractivity contribution in [1.29, 1.82) is 0 Å². The first kappa shape index (κ1) is 19.1. The van der Waals surface area contributed by atoms with Crippen LogP contribution in [-0.4, -0.2) is 39.2 Å². The Kier molecular flexibility index (Phi) is 4.84.